The van der Waals surface area contributed by atoms with E-state index in [1.165, 1.54) is 11.3 Å². The first-order chi connectivity index (χ1) is 24.9. The van der Waals surface area contributed by atoms with E-state index < -0.39 is 17.8 Å². The molecule has 1 aromatic heterocycles. The molecule has 2 atom stereocenters. The van der Waals surface area contributed by atoms with Gasteiger partial charge in [-0.25, -0.2) is 4.79 Å². The first-order valence-electron chi connectivity index (χ1n) is 18.2. The lowest BCUT2D eigenvalue weighted by molar-refractivity contribution is -0.132. The Kier molecular flexibility index (Phi) is 12.0. The second-order valence-corrected chi connectivity index (χ2v) is 15.8. The Balaban J connectivity index is 0.949. The number of piperidine rings is 1. The fourth-order valence-electron chi connectivity index (χ4n) is 6.68. The van der Waals surface area contributed by atoms with Crippen molar-refractivity contribution < 1.29 is 28.9 Å². The van der Waals surface area contributed by atoms with Crippen LogP contribution in [0.5, 0.6) is 10.9 Å². The van der Waals surface area contributed by atoms with E-state index >= 15 is 0 Å². The highest BCUT2D eigenvalue weighted by Gasteiger charge is 2.30. The van der Waals surface area contributed by atoms with Crippen LogP contribution in [0.1, 0.15) is 65.5 Å². The van der Waals surface area contributed by atoms with E-state index in [0.29, 0.717) is 74.3 Å². The van der Waals surface area contributed by atoms with Gasteiger partial charge in [0.2, 0.25) is 5.91 Å². The smallest absolute Gasteiger partial charge is 0.411 e. The number of fused-ring (bicyclic) bond motifs is 1. The highest BCUT2D eigenvalue weighted by Crippen LogP contribution is 2.40. The van der Waals surface area contributed by atoms with E-state index in [1.807, 2.05) is 106 Å². The number of carbonyl (C=O) groups is 2. The minimum absolute atomic E-state index is 0.0236. The van der Waals surface area contributed by atoms with E-state index in [-0.39, 0.29) is 24.2 Å². The molecular formula is C40H51N5O6S. The number of likely N-dealkylation sites (tertiary alicyclic amines) is 2. The lowest BCUT2D eigenvalue weighted by Gasteiger charge is -2.32. The van der Waals surface area contributed by atoms with Gasteiger partial charge in [-0.2, -0.15) is 4.98 Å². The van der Waals surface area contributed by atoms with Crippen LogP contribution < -0.4 is 20.1 Å². The van der Waals surface area contributed by atoms with Crippen molar-refractivity contribution in [1.29, 1.82) is 0 Å². The number of aromatic nitrogens is 1. The Labute approximate surface area is 310 Å². The summed E-state index contributed by atoms with van der Waals surface area (Å²) >= 11 is 1.42. The number of hydrogen-bond acceptors (Lipinski definition) is 10. The van der Waals surface area contributed by atoms with Gasteiger partial charge in [-0.3, -0.25) is 15.0 Å². The van der Waals surface area contributed by atoms with Gasteiger partial charge < -0.3 is 29.5 Å². The van der Waals surface area contributed by atoms with Crippen LogP contribution in [0.4, 0.5) is 10.5 Å². The Morgan fingerprint density at radius 3 is 2.44 bits per heavy atom. The molecule has 3 aromatic carbocycles. The molecule has 0 aliphatic carbocycles. The molecular weight excluding hydrogens is 679 g/mol. The van der Waals surface area contributed by atoms with Crippen LogP contribution in [0.25, 0.3) is 21.3 Å². The molecule has 278 valence electrons. The Hall–Kier alpha value is -4.23. The van der Waals surface area contributed by atoms with Gasteiger partial charge in [-0.05, 0) is 71.6 Å². The summed E-state index contributed by atoms with van der Waals surface area (Å²) in [5.41, 5.74) is 3.72. The molecule has 6 rings (SSSR count). The number of benzene rings is 3. The molecule has 11 nitrogen and oxygen atoms in total. The number of nitrogens with one attached hydrogen (secondary N) is 2. The number of aliphatic hydroxyl groups excluding tert-OH is 1. The Morgan fingerprint density at radius 1 is 0.981 bits per heavy atom. The normalized spacial score (nSPS) is 17.8. The second kappa shape index (κ2) is 16.6. The predicted octanol–water partition coefficient (Wildman–Crippen LogP) is 6.86. The van der Waals surface area contributed by atoms with Crippen LogP contribution in [-0.4, -0.2) is 95.0 Å². The highest BCUT2D eigenvalue weighted by molar-refractivity contribution is 7.20. The fraction of sp³-hybridized carbons (Fsp3) is 0.475. The van der Waals surface area contributed by atoms with Crippen LogP contribution in [0.2, 0.25) is 0 Å². The molecule has 0 spiro atoms. The minimum atomic E-state index is -0.771. The monoisotopic (exact) mass is 729 g/mol. The molecule has 2 aliphatic heterocycles. The number of rotatable bonds is 12. The number of thiazole rings is 1. The third kappa shape index (κ3) is 9.80. The molecule has 0 bridgehead atoms. The van der Waals surface area contributed by atoms with Crippen LogP contribution >= 0.6 is 11.3 Å². The van der Waals surface area contributed by atoms with Crippen LogP contribution in [0.3, 0.4) is 0 Å². The topological polar surface area (TPSA) is 125 Å². The molecule has 2 amide bonds. The lowest BCUT2D eigenvalue weighted by Crippen LogP contribution is -2.45. The van der Waals surface area contributed by atoms with Crippen LogP contribution in [0.15, 0.2) is 66.7 Å². The average Bonchev–Trinajstić information content (AvgIpc) is 3.76. The molecule has 12 heteroatoms. The summed E-state index contributed by atoms with van der Waals surface area (Å²) in [7, 11) is 0. The van der Waals surface area contributed by atoms with E-state index in [4.69, 9.17) is 19.2 Å². The summed E-state index contributed by atoms with van der Waals surface area (Å²) in [6, 6.07) is 21.5. The minimum Gasteiger partial charge on any atom is -0.486 e. The largest absolute Gasteiger partial charge is 0.486 e. The average molecular weight is 730 g/mol. The molecule has 4 aromatic rings. The number of para-hydroxylation sites is 1. The lowest BCUT2D eigenvalue weighted by atomic mass is 10.0. The van der Waals surface area contributed by atoms with Gasteiger partial charge in [0.1, 0.15) is 23.0 Å². The summed E-state index contributed by atoms with van der Waals surface area (Å²) in [4.78, 5) is 34.8. The summed E-state index contributed by atoms with van der Waals surface area (Å²) in [5, 5.41) is 18.3. The van der Waals surface area contributed by atoms with Crippen molar-refractivity contribution in [3.8, 4) is 22.1 Å². The van der Waals surface area contributed by atoms with Crippen LogP contribution in [0, 0.1) is 0 Å². The third-order valence-electron chi connectivity index (χ3n) is 9.19. The van der Waals surface area contributed by atoms with E-state index in [0.717, 1.165) is 27.8 Å². The molecule has 0 saturated carbocycles. The van der Waals surface area contributed by atoms with Gasteiger partial charge >= 0.3 is 6.09 Å². The van der Waals surface area contributed by atoms with Gasteiger partial charge in [0.25, 0.3) is 5.19 Å². The quantitative estimate of drug-likeness (QED) is 0.143. The number of hydrogen-bond donors (Lipinski definition) is 3. The molecule has 2 fully saturated rings. The van der Waals surface area contributed by atoms with Gasteiger partial charge in [0, 0.05) is 49.9 Å². The zero-order chi connectivity index (χ0) is 36.8. The molecule has 3 N–H and O–H groups in total. The van der Waals surface area contributed by atoms with Crippen LogP contribution in [-0.2, 0) is 9.53 Å². The van der Waals surface area contributed by atoms with Crippen molar-refractivity contribution in [2.45, 2.75) is 83.8 Å². The number of amides is 2. The Morgan fingerprint density at radius 2 is 1.71 bits per heavy atom. The number of ether oxygens (including phenoxy) is 3. The molecule has 2 saturated heterocycles. The van der Waals surface area contributed by atoms with Crippen molar-refractivity contribution in [2.24, 2.45) is 0 Å². The van der Waals surface area contributed by atoms with Crippen molar-refractivity contribution >= 4 is 39.2 Å². The van der Waals surface area contributed by atoms with Gasteiger partial charge in [-0.15, -0.1) is 0 Å². The summed E-state index contributed by atoms with van der Waals surface area (Å²) in [6.07, 6.45) is 0.695. The van der Waals surface area contributed by atoms with Gasteiger partial charge in [0.05, 0.1) is 29.1 Å². The number of aliphatic hydroxyl groups is 1. The Bertz CT molecular complexity index is 1820. The maximum absolute atomic E-state index is 13.3. The molecule has 2 aliphatic rings. The predicted molar refractivity (Wildman–Crippen MR) is 205 cm³/mol. The maximum atomic E-state index is 13.3. The van der Waals surface area contributed by atoms with Crippen molar-refractivity contribution in [3.63, 3.8) is 0 Å². The summed E-state index contributed by atoms with van der Waals surface area (Å²) < 4.78 is 18.7. The molecule has 52 heavy (non-hydrogen) atoms. The van der Waals surface area contributed by atoms with E-state index in [9.17, 15) is 14.7 Å². The maximum Gasteiger partial charge on any atom is 0.411 e. The molecule has 0 unspecified atom stereocenters. The number of carbonyl (C=O) groups excluding carboxylic acids is 2. The van der Waals surface area contributed by atoms with Gasteiger partial charge in [-0.1, -0.05) is 65.9 Å². The van der Waals surface area contributed by atoms with Gasteiger partial charge in [0.15, 0.2) is 0 Å². The first-order valence-corrected chi connectivity index (χ1v) is 19.1. The van der Waals surface area contributed by atoms with Crippen molar-refractivity contribution in [2.75, 3.05) is 44.6 Å². The third-order valence-corrected chi connectivity index (χ3v) is 10.2. The second-order valence-electron chi connectivity index (χ2n) is 14.9. The highest BCUT2D eigenvalue weighted by atomic mass is 32.1. The number of anilines is 1. The van der Waals surface area contributed by atoms with Crippen molar-refractivity contribution in [3.05, 3.63) is 72.3 Å². The zero-order valence-corrected chi connectivity index (χ0v) is 31.6. The van der Waals surface area contributed by atoms with Crippen molar-refractivity contribution in [1.82, 2.24) is 20.1 Å². The standard InChI is InChI=1S/C40H51N5O6S/c1-26(2)49-39-43-36-34(51-40(3,4)5)16-15-31(37(36)52-39)33(46)23-41-28-17-22-45(24-28)35(47)25-44-20-18-29(19-21-44)50-38(48)42-32-14-10-9-13-30(32)27-11-7-6-8-12-27/h6-16,26,28-29,33,41,46H,17-25H2,1-5H3,(H,42,48)/t28-,33+/m1/s1. The first kappa shape index (κ1) is 37.5. The number of nitrogens with zero attached hydrogens (tertiary/aromatic N) is 3. The SMILES string of the molecule is CC(C)Oc1nc2c(OC(C)(C)C)ccc([C@@H](O)CN[C@@H]3CCN(C(=O)CN4CCC(OC(=O)Nc5ccccc5-c5ccccc5)CC4)C3)c2s1. The fourth-order valence-corrected chi connectivity index (χ4v) is 7.80. The summed E-state index contributed by atoms with van der Waals surface area (Å²) in [5.74, 6) is 0.757. The summed E-state index contributed by atoms with van der Waals surface area (Å²) in [6.45, 7) is 13.2. The van der Waals surface area contributed by atoms with E-state index in [2.05, 4.69) is 15.5 Å². The molecule has 0 radical (unpaired) electrons. The molecule has 3 heterocycles. The zero-order valence-electron chi connectivity index (χ0n) is 30.8. The van der Waals surface area contributed by atoms with E-state index in [1.54, 1.807) is 0 Å².